The fourth-order valence-corrected chi connectivity index (χ4v) is 11.0. The number of halogens is 5. The van der Waals surface area contributed by atoms with E-state index in [2.05, 4.69) is 73.5 Å². The highest BCUT2D eigenvalue weighted by molar-refractivity contribution is 6.63. The van der Waals surface area contributed by atoms with Crippen molar-refractivity contribution in [2.45, 2.75) is 362 Å². The van der Waals surface area contributed by atoms with Crippen molar-refractivity contribution in [1.29, 1.82) is 0 Å². The number of anilines is 3. The van der Waals surface area contributed by atoms with Gasteiger partial charge in [0.05, 0.1) is 23.5 Å². The summed E-state index contributed by atoms with van der Waals surface area (Å²) < 4.78 is 0. The van der Waals surface area contributed by atoms with Gasteiger partial charge >= 0.3 is 0 Å². The van der Waals surface area contributed by atoms with E-state index in [9.17, 15) is 24.0 Å². The topological polar surface area (TPSA) is 232 Å². The van der Waals surface area contributed by atoms with E-state index < -0.39 is 0 Å². The van der Waals surface area contributed by atoms with Gasteiger partial charge in [-0.25, -0.2) is 0 Å². The molecule has 0 unspecified atom stereocenters. The molecule has 0 aliphatic rings. The minimum Gasteiger partial charge on any atom is -1.00 e. The average molecular weight is 1370 g/mol. The predicted octanol–water partition coefficient (Wildman–Crippen LogP) is 7.17. The van der Waals surface area contributed by atoms with Crippen LogP contribution in [-0.4, -0.2) is 28.7 Å². The summed E-state index contributed by atoms with van der Waals surface area (Å²) in [5, 5.41) is 9.17. The average Bonchev–Trinajstić information content (AvgIpc) is 2.19. The monoisotopic (exact) mass is 1370 g/mol. The van der Waals surface area contributed by atoms with Crippen LogP contribution in [0.4, 0.5) is 39.8 Å². The number of unbranched alkanes of at least 4 members (excludes halogenated alkanes) is 40. The van der Waals surface area contributed by atoms with Crippen molar-refractivity contribution in [3.8, 4) is 0 Å². The van der Waals surface area contributed by atoms with Gasteiger partial charge in [-0.15, -0.1) is 0 Å². The number of amides is 3. The van der Waals surface area contributed by atoms with Crippen LogP contribution >= 0.6 is 11.6 Å². The number of carbonyl (C=O) groups excluding carboxylic acids is 5. The maximum absolute atomic E-state index is 13.5. The first-order valence-electron chi connectivity index (χ1n) is 35.9. The molecule has 2 rings (SSSR count). The van der Waals surface area contributed by atoms with Gasteiger partial charge in [-0.1, -0.05) is 291 Å². The van der Waals surface area contributed by atoms with Crippen molar-refractivity contribution in [3.63, 3.8) is 0 Å². The molecule has 0 atom stereocenters. The van der Waals surface area contributed by atoms with Gasteiger partial charge in [-0.3, -0.25) is 24.0 Å². The number of ketones is 1. The van der Waals surface area contributed by atoms with Crippen molar-refractivity contribution in [3.05, 3.63) is 29.8 Å². The second-order valence-corrected chi connectivity index (χ2v) is 25.5. The Labute approximate surface area is 580 Å². The zero-order valence-corrected chi connectivity index (χ0v) is 61.9. The molecule has 0 aliphatic heterocycles. The van der Waals surface area contributed by atoms with Crippen molar-refractivity contribution >= 4 is 80.2 Å². The number of rotatable bonds is 55. The van der Waals surface area contributed by atoms with E-state index in [-0.39, 0.29) is 84.8 Å². The third-order valence-corrected chi connectivity index (χ3v) is 16.7. The van der Waals surface area contributed by atoms with Gasteiger partial charge in [0.25, 0.3) is 0 Å². The molecule has 3 amide bonds. The maximum Gasteiger partial charge on any atom is 0.224 e. The molecule has 2 aromatic carbocycles. The number of quaternary nitrogens is 4. The number of carbonyl (C=O) groups is 5. The quantitative estimate of drug-likeness (QED) is 0.0269. The van der Waals surface area contributed by atoms with Crippen molar-refractivity contribution < 1.29 is 96.5 Å². The van der Waals surface area contributed by atoms with Crippen LogP contribution in [0.5, 0.6) is 0 Å². The number of nitrogens with one attached hydrogen (secondary N) is 3. The van der Waals surface area contributed by atoms with Crippen LogP contribution in [0.1, 0.15) is 361 Å². The summed E-state index contributed by atoms with van der Waals surface area (Å²) in [5.41, 5.74) is 21.1. The largest absolute Gasteiger partial charge is 1.00 e. The van der Waals surface area contributed by atoms with Gasteiger partial charge in [0, 0.05) is 44.2 Å². The van der Waals surface area contributed by atoms with E-state index in [1.54, 1.807) is 6.07 Å². The molecule has 0 bridgehead atoms. The molecule has 90 heavy (non-hydrogen) atoms. The Bertz CT molecular complexity index is 1780. The van der Waals surface area contributed by atoms with Gasteiger partial charge in [0.1, 0.15) is 5.78 Å². The van der Waals surface area contributed by atoms with Crippen molar-refractivity contribution in [2.24, 2.45) is 0 Å². The van der Waals surface area contributed by atoms with E-state index in [1.165, 1.54) is 199 Å². The molecule has 2 aromatic rings. The normalized spacial score (nSPS) is 10.5. The molecular weight excluding hydrogens is 1230 g/mol. The fraction of sp³-hybridized carbons (Fsp3) is 0.767. The Kier molecular flexibility index (Phi) is 75.6. The van der Waals surface area contributed by atoms with Crippen LogP contribution in [0.15, 0.2) is 24.3 Å². The standard InChI is InChI=1S/C55H99N3O4.C12H23ClO.C6H10N4.4ClH/c1-5-9-13-17-21-25-29-33-37-41-49(59)45-48-46-51(57-54(61)43-39-35-31-27-23-19-15-11-7-3)52(58-55(62)44-40-36-32-28-24-20-16-12-8-4)47-50(48)56-53(60)42-38-34-30-26-22-18-14-10-6-2;1-2-3-4-5-6-7-8-9-10-11-12(13)14;7-3-1-4(8)6(10)2-5(3)9;;;;/h46-47H,5-45H2,1-4H3,(H,56,60)(H,57,61)(H,58,62);2-11H2,1H3;1-2H,7-10H2;4*1H. The van der Waals surface area contributed by atoms with Gasteiger partial charge in [-0.2, -0.15) is 0 Å². The highest BCUT2D eigenvalue weighted by atomic mass is 35.5. The van der Waals surface area contributed by atoms with Crippen LogP contribution in [0, 0.1) is 0 Å². The summed E-state index contributed by atoms with van der Waals surface area (Å²) >= 11 is 5.24. The van der Waals surface area contributed by atoms with Crippen molar-refractivity contribution in [1.82, 2.24) is 0 Å². The van der Waals surface area contributed by atoms with E-state index >= 15 is 0 Å². The minimum atomic E-state index is -0.187. The van der Waals surface area contributed by atoms with Gasteiger partial charge in [-0.05, 0) is 61.4 Å². The zero-order chi connectivity index (χ0) is 63.5. The number of Topliss-reactive ketones (excluding diaryl/α,β-unsaturated/α-hetero) is 1. The highest BCUT2D eigenvalue weighted by Crippen LogP contribution is 2.32. The molecular formula is C73H136Cl5N7O5. The molecule has 0 radical (unpaired) electrons. The van der Waals surface area contributed by atoms with Gasteiger partial charge < -0.3 is 88.5 Å². The number of benzene rings is 2. The third kappa shape index (κ3) is 60.4. The first kappa shape index (κ1) is 96.2. The Balaban J connectivity index is -0.000000711. The summed E-state index contributed by atoms with van der Waals surface area (Å²) in [4.78, 5) is 64.1. The zero-order valence-electron chi connectivity index (χ0n) is 58.1. The summed E-state index contributed by atoms with van der Waals surface area (Å²) in [6.45, 7) is 11.2. The summed E-state index contributed by atoms with van der Waals surface area (Å²) in [7, 11) is 0. The fourth-order valence-electron chi connectivity index (χ4n) is 10.8. The molecule has 15 N–H and O–H groups in total. The SMILES string of the molecule is CCCCCCCCCCCC(=O)Cc1cc(NC(=O)CCCCCCCCCCC)c(NC(=O)CCCCCCCCCCC)cc1NC(=O)CCCCCCCCCCC.CCCCCCCCCCCC(=O)Cl.[Cl-].[Cl-].[Cl-].[Cl-].[NH3+]c1cc([NH3+])c([NH3+])cc1[NH3+]. The van der Waals surface area contributed by atoms with E-state index in [4.69, 9.17) is 11.6 Å². The highest BCUT2D eigenvalue weighted by Gasteiger charge is 2.19. The molecule has 0 spiro atoms. The molecule has 0 saturated heterocycles. The molecule has 0 saturated carbocycles. The van der Waals surface area contributed by atoms with Crippen LogP contribution in [0.2, 0.25) is 0 Å². The molecule has 0 heterocycles. The molecule has 0 aliphatic carbocycles. The molecule has 528 valence electrons. The maximum atomic E-state index is 13.5. The van der Waals surface area contributed by atoms with Crippen LogP contribution in [0.3, 0.4) is 0 Å². The van der Waals surface area contributed by atoms with Crippen LogP contribution in [-0.2, 0) is 30.4 Å². The van der Waals surface area contributed by atoms with E-state index in [0.717, 1.165) is 113 Å². The molecule has 0 fully saturated rings. The Morgan fingerprint density at radius 2 is 0.500 bits per heavy atom. The lowest BCUT2D eigenvalue weighted by atomic mass is 9.99. The van der Waals surface area contributed by atoms with Crippen LogP contribution < -0.4 is 88.5 Å². The summed E-state index contributed by atoms with van der Waals surface area (Å²) in [5.74, 6) is -0.119. The van der Waals surface area contributed by atoms with Gasteiger partial charge in [0.2, 0.25) is 23.0 Å². The minimum absolute atomic E-state index is 0. The van der Waals surface area contributed by atoms with Crippen LogP contribution in [0.25, 0.3) is 0 Å². The Hall–Kier alpha value is -2.52. The van der Waals surface area contributed by atoms with E-state index in [0.29, 0.717) is 54.7 Å². The molecule has 17 heteroatoms. The Morgan fingerprint density at radius 1 is 0.289 bits per heavy atom. The number of hydrogen-bond acceptors (Lipinski definition) is 5. The third-order valence-electron chi connectivity index (χ3n) is 16.5. The lowest BCUT2D eigenvalue weighted by Crippen LogP contribution is -3.00. The second-order valence-electron chi connectivity index (χ2n) is 25.1. The van der Waals surface area contributed by atoms with E-state index in [1.807, 2.05) is 18.2 Å². The lowest BCUT2D eigenvalue weighted by Gasteiger charge is -2.19. The number of hydrogen-bond donors (Lipinski definition) is 7. The second kappa shape index (κ2) is 70.8. The molecule has 12 nitrogen and oxygen atoms in total. The Morgan fingerprint density at radius 3 is 0.756 bits per heavy atom. The summed E-state index contributed by atoms with van der Waals surface area (Å²) in [6, 6.07) is 7.41. The van der Waals surface area contributed by atoms with Crippen molar-refractivity contribution in [2.75, 3.05) is 16.0 Å². The first-order valence-corrected chi connectivity index (χ1v) is 36.3. The predicted molar refractivity (Wildman–Crippen MR) is 368 cm³/mol. The first-order chi connectivity index (χ1) is 41.7. The lowest BCUT2D eigenvalue weighted by molar-refractivity contribution is -0.313. The van der Waals surface area contributed by atoms with Gasteiger partial charge in [0.15, 0.2) is 22.7 Å². The smallest absolute Gasteiger partial charge is 0.224 e. The summed E-state index contributed by atoms with van der Waals surface area (Å²) in [6.07, 6.45) is 56.6. The molecule has 0 aromatic heterocycles.